The number of thiophene rings is 2. The molecular formula is C13H17NOS2. The molecule has 1 N–H and O–H groups in total. The van der Waals surface area contributed by atoms with Crippen molar-refractivity contribution in [3.05, 3.63) is 38.2 Å². The van der Waals surface area contributed by atoms with Crippen molar-refractivity contribution in [3.8, 4) is 5.75 Å². The summed E-state index contributed by atoms with van der Waals surface area (Å²) in [6.07, 6.45) is 0. The second-order valence-corrected chi connectivity index (χ2v) is 6.09. The summed E-state index contributed by atoms with van der Waals surface area (Å²) in [6.45, 7) is 5.24. The van der Waals surface area contributed by atoms with E-state index in [0.717, 1.165) is 12.3 Å². The van der Waals surface area contributed by atoms with E-state index in [1.807, 2.05) is 11.3 Å². The van der Waals surface area contributed by atoms with E-state index in [4.69, 9.17) is 4.74 Å². The van der Waals surface area contributed by atoms with Crippen LogP contribution in [0, 0.1) is 6.92 Å². The summed E-state index contributed by atoms with van der Waals surface area (Å²) in [5.41, 5.74) is 0. The maximum absolute atomic E-state index is 5.25. The molecule has 2 rings (SSSR count). The molecule has 0 aromatic carbocycles. The maximum Gasteiger partial charge on any atom is 0.129 e. The highest BCUT2D eigenvalue weighted by Gasteiger charge is 2.17. The van der Waals surface area contributed by atoms with Crippen molar-refractivity contribution in [2.24, 2.45) is 0 Å². The lowest BCUT2D eigenvalue weighted by Gasteiger charge is -2.14. The smallest absolute Gasteiger partial charge is 0.129 e. The zero-order valence-corrected chi connectivity index (χ0v) is 12.0. The van der Waals surface area contributed by atoms with Gasteiger partial charge in [-0.1, -0.05) is 6.92 Å². The zero-order chi connectivity index (χ0) is 12.3. The number of hydrogen-bond donors (Lipinski definition) is 1. The molecule has 0 aliphatic rings. The minimum absolute atomic E-state index is 0.299. The largest absolute Gasteiger partial charge is 0.496 e. The summed E-state index contributed by atoms with van der Waals surface area (Å²) in [4.78, 5) is 4.03. The molecule has 4 heteroatoms. The fourth-order valence-electron chi connectivity index (χ4n) is 1.75. The Morgan fingerprint density at radius 1 is 1.35 bits per heavy atom. The Balaban J connectivity index is 2.28. The summed E-state index contributed by atoms with van der Waals surface area (Å²) in [6, 6.07) is 6.80. The van der Waals surface area contributed by atoms with E-state index >= 15 is 0 Å². The molecule has 0 amide bonds. The zero-order valence-electron chi connectivity index (χ0n) is 10.3. The van der Waals surface area contributed by atoms with Crippen LogP contribution in [0.25, 0.3) is 0 Å². The van der Waals surface area contributed by atoms with Gasteiger partial charge in [-0.3, -0.25) is 0 Å². The monoisotopic (exact) mass is 267 g/mol. The fourth-order valence-corrected chi connectivity index (χ4v) is 3.74. The molecule has 0 saturated heterocycles. The predicted molar refractivity (Wildman–Crippen MR) is 75.4 cm³/mol. The van der Waals surface area contributed by atoms with E-state index in [9.17, 15) is 0 Å². The van der Waals surface area contributed by atoms with Crippen molar-refractivity contribution in [2.75, 3.05) is 13.7 Å². The number of methoxy groups -OCH3 is 1. The summed E-state index contributed by atoms with van der Waals surface area (Å²) >= 11 is 3.60. The van der Waals surface area contributed by atoms with Gasteiger partial charge in [-0.05, 0) is 31.7 Å². The van der Waals surface area contributed by atoms with Crippen molar-refractivity contribution in [1.82, 2.24) is 5.32 Å². The van der Waals surface area contributed by atoms with Crippen molar-refractivity contribution >= 4 is 22.7 Å². The van der Waals surface area contributed by atoms with Gasteiger partial charge in [-0.2, -0.15) is 0 Å². The number of ether oxygens (including phenoxy) is 1. The third-order valence-electron chi connectivity index (χ3n) is 2.57. The summed E-state index contributed by atoms with van der Waals surface area (Å²) < 4.78 is 5.25. The van der Waals surface area contributed by atoms with E-state index in [0.29, 0.717) is 6.04 Å². The first kappa shape index (κ1) is 12.6. The third-order valence-corrected chi connectivity index (χ3v) is 4.61. The van der Waals surface area contributed by atoms with Crippen LogP contribution in [0.3, 0.4) is 0 Å². The molecule has 0 fully saturated rings. The molecule has 1 unspecified atom stereocenters. The lowest BCUT2D eigenvalue weighted by atomic mass is 10.2. The Morgan fingerprint density at radius 3 is 2.71 bits per heavy atom. The number of rotatable bonds is 5. The molecule has 17 heavy (non-hydrogen) atoms. The summed E-state index contributed by atoms with van der Waals surface area (Å²) in [5.74, 6) is 0.946. The molecule has 0 radical (unpaired) electrons. The molecule has 0 aliphatic heterocycles. The molecule has 1 atom stereocenters. The quantitative estimate of drug-likeness (QED) is 0.889. The lowest BCUT2D eigenvalue weighted by Crippen LogP contribution is -2.20. The number of aryl methyl sites for hydroxylation is 1. The summed E-state index contributed by atoms with van der Waals surface area (Å²) in [5, 5.41) is 5.59. The number of nitrogens with one attached hydrogen (secondary N) is 1. The van der Waals surface area contributed by atoms with E-state index in [1.165, 1.54) is 14.6 Å². The molecule has 0 spiro atoms. The highest BCUT2D eigenvalue weighted by atomic mass is 32.1. The summed E-state index contributed by atoms with van der Waals surface area (Å²) in [7, 11) is 1.71. The maximum atomic E-state index is 5.25. The van der Waals surface area contributed by atoms with Crippen LogP contribution in [0.5, 0.6) is 5.75 Å². The second-order valence-electron chi connectivity index (χ2n) is 3.83. The Bertz CT molecular complexity index is 475. The van der Waals surface area contributed by atoms with Crippen LogP contribution in [-0.4, -0.2) is 13.7 Å². The van der Waals surface area contributed by atoms with Gasteiger partial charge in [0.1, 0.15) is 5.75 Å². The van der Waals surface area contributed by atoms with Gasteiger partial charge >= 0.3 is 0 Å². The van der Waals surface area contributed by atoms with Crippen LogP contribution in [0.15, 0.2) is 23.6 Å². The molecule has 2 heterocycles. The normalized spacial score (nSPS) is 12.6. The third kappa shape index (κ3) is 2.89. The van der Waals surface area contributed by atoms with Gasteiger partial charge in [0, 0.05) is 20.0 Å². The van der Waals surface area contributed by atoms with Gasteiger partial charge in [-0.15, -0.1) is 22.7 Å². The molecular weight excluding hydrogens is 250 g/mol. The lowest BCUT2D eigenvalue weighted by molar-refractivity contribution is 0.416. The van der Waals surface area contributed by atoms with Gasteiger partial charge in [0.05, 0.1) is 13.2 Å². The van der Waals surface area contributed by atoms with Gasteiger partial charge < -0.3 is 10.1 Å². The van der Waals surface area contributed by atoms with E-state index in [2.05, 4.69) is 42.7 Å². The van der Waals surface area contributed by atoms with Crippen molar-refractivity contribution in [1.29, 1.82) is 0 Å². The predicted octanol–water partition coefficient (Wildman–Crippen LogP) is 3.83. The number of hydrogen-bond acceptors (Lipinski definition) is 4. The first-order chi connectivity index (χ1) is 8.24. The first-order valence-corrected chi connectivity index (χ1v) is 7.36. The Kier molecular flexibility index (Phi) is 4.20. The molecule has 0 bridgehead atoms. The van der Waals surface area contributed by atoms with Crippen LogP contribution in [0.1, 0.15) is 27.6 Å². The van der Waals surface area contributed by atoms with Gasteiger partial charge in [0.25, 0.3) is 0 Å². The molecule has 2 aromatic heterocycles. The SMILES string of the molecule is CCNC(c1cc(OC)cs1)c1ccc(C)s1. The van der Waals surface area contributed by atoms with E-state index < -0.39 is 0 Å². The van der Waals surface area contributed by atoms with Crippen LogP contribution >= 0.6 is 22.7 Å². The standard InChI is InChI=1S/C13H17NOS2/c1-4-14-13(11-6-5-9(2)17-11)12-7-10(15-3)8-16-12/h5-8,13-14H,4H2,1-3H3. The fraction of sp³-hybridized carbons (Fsp3) is 0.385. The van der Waals surface area contributed by atoms with Crippen molar-refractivity contribution < 1.29 is 4.74 Å². The molecule has 2 aromatic rings. The molecule has 92 valence electrons. The average molecular weight is 267 g/mol. The van der Waals surface area contributed by atoms with E-state index in [1.54, 1.807) is 18.4 Å². The van der Waals surface area contributed by atoms with Crippen LogP contribution in [-0.2, 0) is 0 Å². The Hall–Kier alpha value is -0.840. The van der Waals surface area contributed by atoms with Crippen LogP contribution in [0.2, 0.25) is 0 Å². The van der Waals surface area contributed by atoms with E-state index in [-0.39, 0.29) is 0 Å². The molecule has 2 nitrogen and oxygen atoms in total. The first-order valence-electron chi connectivity index (χ1n) is 5.66. The van der Waals surface area contributed by atoms with Crippen LogP contribution in [0.4, 0.5) is 0 Å². The van der Waals surface area contributed by atoms with Crippen molar-refractivity contribution in [2.45, 2.75) is 19.9 Å². The van der Waals surface area contributed by atoms with Gasteiger partial charge in [0.15, 0.2) is 0 Å². The molecule has 0 saturated carbocycles. The van der Waals surface area contributed by atoms with Crippen LogP contribution < -0.4 is 10.1 Å². The van der Waals surface area contributed by atoms with Crippen molar-refractivity contribution in [3.63, 3.8) is 0 Å². The Labute approximate surface area is 110 Å². The Morgan fingerprint density at radius 2 is 2.18 bits per heavy atom. The topological polar surface area (TPSA) is 21.3 Å². The minimum Gasteiger partial charge on any atom is -0.496 e. The highest BCUT2D eigenvalue weighted by Crippen LogP contribution is 2.34. The highest BCUT2D eigenvalue weighted by molar-refractivity contribution is 7.13. The van der Waals surface area contributed by atoms with Gasteiger partial charge in [-0.25, -0.2) is 0 Å². The second kappa shape index (κ2) is 5.67. The average Bonchev–Trinajstić information content (AvgIpc) is 2.94. The molecule has 0 aliphatic carbocycles. The minimum atomic E-state index is 0.299. The van der Waals surface area contributed by atoms with Gasteiger partial charge in [0.2, 0.25) is 0 Å².